The SMILES string of the molecule is CC(C)(C)OC(=O)NC(CCC(=O)Nc1ccc2cnccc2c1)c1ccsc1.Cl.NC(CCC(=O)Nc1ccc2cnccc2c1)c1ccsc1. The average molecular weight is 759 g/mol. The maximum Gasteiger partial charge on any atom is 0.408 e. The molecule has 0 bridgehead atoms. The van der Waals surface area contributed by atoms with Crippen molar-refractivity contribution in [2.75, 3.05) is 10.6 Å². The molecule has 2 aromatic carbocycles. The second-order valence-corrected chi connectivity index (χ2v) is 14.5. The third-order valence-electron chi connectivity index (χ3n) is 7.80. The fourth-order valence-corrected chi connectivity index (χ4v) is 6.67. The summed E-state index contributed by atoms with van der Waals surface area (Å²) in [6.07, 6.45) is 8.36. The Kier molecular flexibility index (Phi) is 14.7. The highest BCUT2D eigenvalue weighted by atomic mass is 35.5. The van der Waals surface area contributed by atoms with E-state index in [1.807, 2.05) is 103 Å². The number of pyridine rings is 2. The molecule has 2 unspecified atom stereocenters. The highest BCUT2D eigenvalue weighted by Crippen LogP contribution is 2.24. The second-order valence-electron chi connectivity index (χ2n) is 13.0. The van der Waals surface area contributed by atoms with E-state index in [1.165, 1.54) is 0 Å². The van der Waals surface area contributed by atoms with Crippen LogP contribution >= 0.6 is 35.1 Å². The number of hydrogen-bond acceptors (Lipinski definition) is 9. The minimum Gasteiger partial charge on any atom is -0.444 e. The van der Waals surface area contributed by atoms with E-state index in [2.05, 4.69) is 25.9 Å². The smallest absolute Gasteiger partial charge is 0.408 e. The molecular formula is C39H43ClN6O4S2. The minimum atomic E-state index is -0.577. The Morgan fingerprint density at radius 3 is 1.75 bits per heavy atom. The van der Waals surface area contributed by atoms with Crippen molar-refractivity contribution in [2.45, 2.75) is 64.1 Å². The highest BCUT2D eigenvalue weighted by molar-refractivity contribution is 7.08. The van der Waals surface area contributed by atoms with Gasteiger partial charge in [-0.1, -0.05) is 12.1 Å². The Bertz CT molecular complexity index is 2050. The fourth-order valence-electron chi connectivity index (χ4n) is 5.23. The monoisotopic (exact) mass is 758 g/mol. The number of hydrogen-bond donors (Lipinski definition) is 4. The first-order valence-corrected chi connectivity index (χ1v) is 18.5. The number of alkyl carbamates (subject to hydrolysis) is 1. The lowest BCUT2D eigenvalue weighted by Crippen LogP contribution is -2.35. The van der Waals surface area contributed by atoms with E-state index in [4.69, 9.17) is 10.5 Å². The number of nitrogens with zero attached hydrogens (tertiary/aromatic N) is 2. The molecule has 13 heteroatoms. The number of nitrogens with one attached hydrogen (secondary N) is 3. The summed E-state index contributed by atoms with van der Waals surface area (Å²) in [6, 6.07) is 18.9. The maximum absolute atomic E-state index is 12.5. The molecule has 0 saturated carbocycles. The molecule has 52 heavy (non-hydrogen) atoms. The lowest BCUT2D eigenvalue weighted by molar-refractivity contribution is -0.117. The van der Waals surface area contributed by atoms with Crippen LogP contribution in [0, 0.1) is 0 Å². The van der Waals surface area contributed by atoms with E-state index in [9.17, 15) is 14.4 Å². The number of halogens is 1. The zero-order chi connectivity index (χ0) is 36.2. The number of anilines is 2. The first-order valence-electron chi connectivity index (χ1n) is 16.6. The molecule has 4 heterocycles. The molecule has 0 aliphatic heterocycles. The molecular weight excluding hydrogens is 716 g/mol. The summed E-state index contributed by atoms with van der Waals surface area (Å²) in [4.78, 5) is 44.9. The summed E-state index contributed by atoms with van der Waals surface area (Å²) in [5.41, 5.74) is 9.09. The molecule has 4 aromatic heterocycles. The van der Waals surface area contributed by atoms with Crippen LogP contribution < -0.4 is 21.7 Å². The number of thiophene rings is 2. The molecule has 6 rings (SSSR count). The predicted octanol–water partition coefficient (Wildman–Crippen LogP) is 9.42. The van der Waals surface area contributed by atoms with Gasteiger partial charge in [0.25, 0.3) is 0 Å². The van der Waals surface area contributed by atoms with Gasteiger partial charge in [-0.15, -0.1) is 12.4 Å². The molecule has 0 spiro atoms. The largest absolute Gasteiger partial charge is 0.444 e. The van der Waals surface area contributed by atoms with Crippen LogP contribution in [0.4, 0.5) is 16.2 Å². The van der Waals surface area contributed by atoms with Crippen molar-refractivity contribution < 1.29 is 19.1 Å². The van der Waals surface area contributed by atoms with Crippen molar-refractivity contribution in [1.82, 2.24) is 15.3 Å². The second kappa shape index (κ2) is 19.1. The van der Waals surface area contributed by atoms with Gasteiger partial charge in [0.05, 0.1) is 6.04 Å². The van der Waals surface area contributed by atoms with Crippen molar-refractivity contribution in [1.29, 1.82) is 0 Å². The van der Waals surface area contributed by atoms with Gasteiger partial charge in [-0.2, -0.15) is 22.7 Å². The summed E-state index contributed by atoms with van der Waals surface area (Å²) in [7, 11) is 0. The van der Waals surface area contributed by atoms with E-state index in [0.29, 0.717) is 19.3 Å². The van der Waals surface area contributed by atoms with E-state index < -0.39 is 11.7 Å². The van der Waals surface area contributed by atoms with E-state index in [0.717, 1.165) is 44.0 Å². The molecule has 0 aliphatic carbocycles. The van der Waals surface area contributed by atoms with Crippen LogP contribution in [0.5, 0.6) is 0 Å². The molecule has 272 valence electrons. The number of amides is 3. The van der Waals surface area contributed by atoms with Gasteiger partial charge in [-0.05, 0) is 126 Å². The van der Waals surface area contributed by atoms with Crippen LogP contribution in [0.2, 0.25) is 0 Å². The normalized spacial score (nSPS) is 12.1. The van der Waals surface area contributed by atoms with Crippen LogP contribution in [0.1, 0.15) is 69.7 Å². The van der Waals surface area contributed by atoms with Gasteiger partial charge in [-0.3, -0.25) is 19.6 Å². The Morgan fingerprint density at radius 1 is 0.731 bits per heavy atom. The first kappa shape index (κ1) is 39.9. The number of rotatable bonds is 11. The average Bonchev–Trinajstić information content (AvgIpc) is 3.85. The van der Waals surface area contributed by atoms with Gasteiger partial charge in [0.15, 0.2) is 0 Å². The molecule has 10 nitrogen and oxygen atoms in total. The van der Waals surface area contributed by atoms with Gasteiger partial charge in [0.2, 0.25) is 11.8 Å². The summed E-state index contributed by atoms with van der Waals surface area (Å²) in [6.45, 7) is 5.46. The molecule has 0 fully saturated rings. The van der Waals surface area contributed by atoms with Crippen LogP contribution in [-0.2, 0) is 14.3 Å². The quantitative estimate of drug-likeness (QED) is 0.103. The third kappa shape index (κ3) is 12.4. The van der Waals surface area contributed by atoms with E-state index in [-0.39, 0.29) is 42.7 Å². The molecule has 3 amide bonds. The Labute approximate surface area is 317 Å². The Morgan fingerprint density at radius 2 is 1.25 bits per heavy atom. The summed E-state index contributed by atoms with van der Waals surface area (Å²) in [5, 5.41) is 20.8. The lowest BCUT2D eigenvalue weighted by atomic mass is 10.0. The minimum absolute atomic E-state index is 0. The highest BCUT2D eigenvalue weighted by Gasteiger charge is 2.21. The molecule has 2 atom stereocenters. The van der Waals surface area contributed by atoms with Crippen LogP contribution in [0.15, 0.2) is 107 Å². The van der Waals surface area contributed by atoms with Crippen molar-refractivity contribution in [3.8, 4) is 0 Å². The predicted molar refractivity (Wildman–Crippen MR) is 214 cm³/mol. The summed E-state index contributed by atoms with van der Waals surface area (Å²) >= 11 is 3.17. The van der Waals surface area contributed by atoms with Gasteiger partial charge in [0, 0.05) is 65.8 Å². The number of fused-ring (bicyclic) bond motifs is 2. The molecule has 5 N–H and O–H groups in total. The third-order valence-corrected chi connectivity index (χ3v) is 9.20. The van der Waals surface area contributed by atoms with Crippen molar-refractivity contribution in [3.05, 3.63) is 118 Å². The van der Waals surface area contributed by atoms with Crippen molar-refractivity contribution in [2.24, 2.45) is 5.73 Å². The van der Waals surface area contributed by atoms with Gasteiger partial charge in [-0.25, -0.2) is 4.79 Å². The number of carbonyl (C=O) groups excluding carboxylic acids is 3. The summed E-state index contributed by atoms with van der Waals surface area (Å²) < 4.78 is 5.36. The number of carbonyl (C=O) groups is 3. The Balaban J connectivity index is 0.000000236. The van der Waals surface area contributed by atoms with Gasteiger partial charge >= 0.3 is 6.09 Å². The number of ether oxygens (including phenoxy) is 1. The van der Waals surface area contributed by atoms with Crippen LogP contribution in [0.3, 0.4) is 0 Å². The Hall–Kier alpha value is -4.88. The molecule has 0 radical (unpaired) electrons. The standard InChI is InChI=1S/C22H25N3O3S.C17H17N3OS.ClH/c1-22(2,3)28-21(27)25-19(17-9-11-29-14-17)6-7-20(26)24-18-5-4-16-13-23-10-8-15(16)12-18;18-16(14-6-8-22-11-14)3-4-17(21)20-15-2-1-13-10-19-7-5-12(13)9-15;/h4-5,8-14,19H,6-7H2,1-3H3,(H,24,26)(H,25,27);1-2,5-11,16H,3-4,18H2,(H,20,21);1H. The number of nitrogens with two attached hydrogens (primary N) is 1. The van der Waals surface area contributed by atoms with E-state index in [1.54, 1.807) is 47.5 Å². The van der Waals surface area contributed by atoms with Crippen LogP contribution in [0.25, 0.3) is 21.5 Å². The number of aromatic nitrogens is 2. The lowest BCUT2D eigenvalue weighted by Gasteiger charge is -2.23. The topological polar surface area (TPSA) is 148 Å². The molecule has 0 saturated heterocycles. The van der Waals surface area contributed by atoms with Crippen molar-refractivity contribution in [3.63, 3.8) is 0 Å². The number of benzene rings is 2. The zero-order valence-corrected chi connectivity index (χ0v) is 31.7. The zero-order valence-electron chi connectivity index (χ0n) is 29.2. The summed E-state index contributed by atoms with van der Waals surface area (Å²) in [5.74, 6) is -0.122. The molecule has 6 aromatic rings. The van der Waals surface area contributed by atoms with Gasteiger partial charge < -0.3 is 26.4 Å². The maximum atomic E-state index is 12.5. The first-order chi connectivity index (χ1) is 24.5. The van der Waals surface area contributed by atoms with Crippen molar-refractivity contribution >= 4 is 85.9 Å². The van der Waals surface area contributed by atoms with Gasteiger partial charge in [0.1, 0.15) is 5.60 Å². The fraction of sp³-hybridized carbons (Fsp3) is 0.256. The molecule has 0 aliphatic rings. The van der Waals surface area contributed by atoms with Crippen LogP contribution in [-0.4, -0.2) is 33.5 Å². The van der Waals surface area contributed by atoms with E-state index >= 15 is 0 Å².